The molecule has 0 N–H and O–H groups in total. The Labute approximate surface area is 137 Å². The molecule has 0 radical (unpaired) electrons. The van der Waals surface area contributed by atoms with Gasteiger partial charge in [-0.1, -0.05) is 61.9 Å². The lowest BCUT2D eigenvalue weighted by atomic mass is 10.1. The van der Waals surface area contributed by atoms with Crippen molar-refractivity contribution >= 4 is 28.8 Å². The van der Waals surface area contributed by atoms with E-state index in [-0.39, 0.29) is 0 Å². The maximum absolute atomic E-state index is 13.7. The molecule has 3 heteroatoms. The fourth-order valence-corrected chi connectivity index (χ4v) is 4.75. The van der Waals surface area contributed by atoms with Gasteiger partial charge in [-0.2, -0.15) is 0 Å². The molecule has 0 saturated heterocycles. The molecule has 0 aliphatic heterocycles. The Hall–Kier alpha value is -1.89. The zero-order chi connectivity index (χ0) is 16.1. The van der Waals surface area contributed by atoms with Crippen molar-refractivity contribution in [3.05, 3.63) is 72.8 Å². The molecule has 0 heterocycles. The maximum atomic E-state index is 13.7. The summed E-state index contributed by atoms with van der Waals surface area (Å²) in [6.07, 6.45) is 1.93. The molecule has 0 aliphatic rings. The van der Waals surface area contributed by atoms with E-state index in [4.69, 9.17) is 4.52 Å². The van der Waals surface area contributed by atoms with Gasteiger partial charge in [-0.15, -0.1) is 0 Å². The summed E-state index contributed by atoms with van der Waals surface area (Å²) >= 11 is 0. The van der Waals surface area contributed by atoms with Gasteiger partial charge in [-0.05, 0) is 41.5 Å². The summed E-state index contributed by atoms with van der Waals surface area (Å²) in [6, 6.07) is 23.6. The van der Waals surface area contributed by atoms with E-state index < -0.39 is 7.37 Å². The average Bonchev–Trinajstić information content (AvgIpc) is 2.62. The molecular formula is C20H21O2P. The smallest absolute Gasteiger partial charge is 0.261 e. The maximum Gasteiger partial charge on any atom is 0.261 e. The van der Waals surface area contributed by atoms with Crippen LogP contribution in [0.5, 0.6) is 0 Å². The van der Waals surface area contributed by atoms with Gasteiger partial charge in [0.25, 0.3) is 7.37 Å². The van der Waals surface area contributed by atoms with Crippen LogP contribution in [0, 0.1) is 0 Å². The molecule has 0 spiro atoms. The number of benzene rings is 3. The summed E-state index contributed by atoms with van der Waals surface area (Å²) < 4.78 is 19.7. The van der Waals surface area contributed by atoms with E-state index in [1.54, 1.807) is 0 Å². The van der Waals surface area contributed by atoms with Crippen LogP contribution in [0.15, 0.2) is 72.8 Å². The Kier molecular flexibility index (Phi) is 4.95. The second-order valence-corrected chi connectivity index (χ2v) is 8.00. The van der Waals surface area contributed by atoms with E-state index in [1.807, 2.05) is 66.7 Å². The molecule has 1 unspecified atom stereocenters. The molecule has 0 saturated carbocycles. The van der Waals surface area contributed by atoms with Gasteiger partial charge in [-0.3, -0.25) is 4.57 Å². The second kappa shape index (κ2) is 7.12. The van der Waals surface area contributed by atoms with Gasteiger partial charge < -0.3 is 4.52 Å². The van der Waals surface area contributed by atoms with Crippen molar-refractivity contribution in [1.29, 1.82) is 0 Å². The highest BCUT2D eigenvalue weighted by atomic mass is 31.2. The fourth-order valence-electron chi connectivity index (χ4n) is 2.62. The molecule has 3 aromatic carbocycles. The van der Waals surface area contributed by atoms with Crippen LogP contribution in [-0.2, 0) is 9.09 Å². The summed E-state index contributed by atoms with van der Waals surface area (Å²) in [4.78, 5) is 0. The SMILES string of the molecule is CCCCOP(=O)(c1ccccc1)c1ccc2ccccc2c1. The third-order valence-corrected chi connectivity index (χ3v) is 6.42. The monoisotopic (exact) mass is 324 g/mol. The highest BCUT2D eigenvalue weighted by Gasteiger charge is 2.28. The molecule has 1 atom stereocenters. The number of hydrogen-bond donors (Lipinski definition) is 0. The van der Waals surface area contributed by atoms with Crippen molar-refractivity contribution in [3.8, 4) is 0 Å². The van der Waals surface area contributed by atoms with E-state index in [0.29, 0.717) is 6.61 Å². The fraction of sp³-hybridized carbons (Fsp3) is 0.200. The van der Waals surface area contributed by atoms with Gasteiger partial charge >= 0.3 is 0 Å². The van der Waals surface area contributed by atoms with Crippen LogP contribution in [0.25, 0.3) is 10.8 Å². The molecule has 23 heavy (non-hydrogen) atoms. The highest BCUT2D eigenvalue weighted by Crippen LogP contribution is 2.45. The third kappa shape index (κ3) is 3.39. The quantitative estimate of drug-likeness (QED) is 0.477. The molecular weight excluding hydrogens is 303 g/mol. The Balaban J connectivity index is 2.07. The molecule has 0 aromatic heterocycles. The first-order valence-corrected chi connectivity index (χ1v) is 9.66. The number of fused-ring (bicyclic) bond motifs is 1. The normalized spacial score (nSPS) is 13.8. The van der Waals surface area contributed by atoms with Gasteiger partial charge in [0.1, 0.15) is 0 Å². The molecule has 3 rings (SSSR count). The summed E-state index contributed by atoms with van der Waals surface area (Å²) in [6.45, 7) is 2.61. The van der Waals surface area contributed by atoms with E-state index in [2.05, 4.69) is 13.0 Å². The van der Waals surface area contributed by atoms with Crippen LogP contribution in [0.4, 0.5) is 0 Å². The zero-order valence-electron chi connectivity index (χ0n) is 13.3. The molecule has 0 fully saturated rings. The van der Waals surface area contributed by atoms with Crippen molar-refractivity contribution in [2.24, 2.45) is 0 Å². The summed E-state index contributed by atoms with van der Waals surface area (Å²) in [5.74, 6) is 0. The Morgan fingerprint density at radius 3 is 2.26 bits per heavy atom. The number of hydrogen-bond acceptors (Lipinski definition) is 2. The summed E-state index contributed by atoms with van der Waals surface area (Å²) in [5, 5.41) is 3.74. The summed E-state index contributed by atoms with van der Waals surface area (Å²) in [5.41, 5.74) is 0. The van der Waals surface area contributed by atoms with E-state index in [1.165, 1.54) is 0 Å². The van der Waals surface area contributed by atoms with Gasteiger partial charge in [0.15, 0.2) is 0 Å². The van der Waals surface area contributed by atoms with Crippen molar-refractivity contribution in [2.45, 2.75) is 19.8 Å². The minimum Gasteiger partial charge on any atom is -0.322 e. The molecule has 0 amide bonds. The van der Waals surface area contributed by atoms with E-state index in [9.17, 15) is 4.57 Å². The van der Waals surface area contributed by atoms with Crippen LogP contribution in [0.2, 0.25) is 0 Å². The van der Waals surface area contributed by atoms with Gasteiger partial charge in [0.2, 0.25) is 0 Å². The van der Waals surface area contributed by atoms with E-state index >= 15 is 0 Å². The highest BCUT2D eigenvalue weighted by molar-refractivity contribution is 7.74. The van der Waals surface area contributed by atoms with E-state index in [0.717, 1.165) is 34.2 Å². The zero-order valence-corrected chi connectivity index (χ0v) is 14.2. The Morgan fingerprint density at radius 1 is 0.826 bits per heavy atom. The first kappa shape index (κ1) is 16.0. The minimum absolute atomic E-state index is 0.509. The number of rotatable bonds is 6. The minimum atomic E-state index is -3.06. The van der Waals surface area contributed by atoms with Crippen LogP contribution in [-0.4, -0.2) is 6.61 Å². The van der Waals surface area contributed by atoms with Crippen molar-refractivity contribution in [1.82, 2.24) is 0 Å². The standard InChI is InChI=1S/C20H21O2P/c1-2-3-15-22-23(21,19-11-5-4-6-12-19)20-14-13-17-9-7-8-10-18(17)16-20/h4-14,16H,2-3,15H2,1H3. The van der Waals surface area contributed by atoms with Crippen LogP contribution >= 0.6 is 7.37 Å². The van der Waals surface area contributed by atoms with Crippen LogP contribution in [0.1, 0.15) is 19.8 Å². The Bertz CT molecular complexity index is 827. The summed E-state index contributed by atoms with van der Waals surface area (Å²) in [7, 11) is -3.06. The van der Waals surface area contributed by atoms with Crippen LogP contribution in [0.3, 0.4) is 0 Å². The third-order valence-electron chi connectivity index (χ3n) is 3.94. The van der Waals surface area contributed by atoms with Gasteiger partial charge in [0.05, 0.1) is 6.61 Å². The van der Waals surface area contributed by atoms with Crippen molar-refractivity contribution in [3.63, 3.8) is 0 Å². The number of unbranched alkanes of at least 4 members (excludes halogenated alkanes) is 1. The topological polar surface area (TPSA) is 26.3 Å². The molecule has 3 aromatic rings. The molecule has 0 bridgehead atoms. The molecule has 2 nitrogen and oxygen atoms in total. The Morgan fingerprint density at radius 2 is 1.52 bits per heavy atom. The molecule has 0 aliphatic carbocycles. The predicted molar refractivity (Wildman–Crippen MR) is 98.1 cm³/mol. The van der Waals surface area contributed by atoms with Crippen molar-refractivity contribution < 1.29 is 9.09 Å². The lowest BCUT2D eigenvalue weighted by Crippen LogP contribution is -2.18. The van der Waals surface area contributed by atoms with Gasteiger partial charge in [0, 0.05) is 10.6 Å². The van der Waals surface area contributed by atoms with Crippen molar-refractivity contribution in [2.75, 3.05) is 6.61 Å². The van der Waals surface area contributed by atoms with Crippen LogP contribution < -0.4 is 10.6 Å². The second-order valence-electron chi connectivity index (χ2n) is 5.61. The largest absolute Gasteiger partial charge is 0.322 e. The van der Waals surface area contributed by atoms with Gasteiger partial charge in [-0.25, -0.2) is 0 Å². The molecule has 118 valence electrons. The average molecular weight is 324 g/mol. The first-order valence-electron chi connectivity index (χ1n) is 8.03. The lowest BCUT2D eigenvalue weighted by molar-refractivity contribution is 0.318. The lowest BCUT2D eigenvalue weighted by Gasteiger charge is -2.20. The predicted octanol–water partition coefficient (Wildman–Crippen LogP) is 4.89. The first-order chi connectivity index (χ1) is 11.2.